The number of hydrogen-bond acceptors (Lipinski definition) is 3. The molecule has 0 atom stereocenters. The molecule has 0 N–H and O–H groups in total. The van der Waals surface area contributed by atoms with Crippen LogP contribution in [0.25, 0.3) is 0 Å². The van der Waals surface area contributed by atoms with Crippen molar-refractivity contribution < 1.29 is 64.3 Å². The zero-order chi connectivity index (χ0) is 9.03. The largest absolute Gasteiger partial charge is 1.00 e. The summed E-state index contributed by atoms with van der Waals surface area (Å²) in [6.45, 7) is -4.75. The summed E-state index contributed by atoms with van der Waals surface area (Å²) in [6, 6.07) is 1.56. The number of aromatic nitrogens is 2. The Bertz CT molecular complexity index is 245. The maximum Gasteiger partial charge on any atom is 1.00 e. The first-order valence-electron chi connectivity index (χ1n) is 3.19. The maximum absolute atomic E-state index is 11.7. The van der Waals surface area contributed by atoms with Crippen molar-refractivity contribution in [2.75, 3.05) is 5.65 Å². The minimum atomic E-state index is -4.75. The minimum Gasteiger partial charge on any atom is -0.448 e. The number of halogens is 3. The van der Waals surface area contributed by atoms with E-state index < -0.39 is 12.6 Å². The molecular formula is C5H5BF3KN2S. The molecule has 0 spiro atoms. The van der Waals surface area contributed by atoms with E-state index in [-0.39, 0.29) is 56.5 Å². The Morgan fingerprint density at radius 3 is 2.23 bits per heavy atom. The summed E-state index contributed by atoms with van der Waals surface area (Å²) in [5.41, 5.74) is -0.885. The van der Waals surface area contributed by atoms with E-state index in [1.165, 1.54) is 12.4 Å². The number of nitrogens with zero attached hydrogens (tertiary/aromatic N) is 2. The van der Waals surface area contributed by atoms with Gasteiger partial charge in [-0.15, -0.1) is 11.8 Å². The van der Waals surface area contributed by atoms with Gasteiger partial charge in [-0.25, -0.2) is 9.97 Å². The van der Waals surface area contributed by atoms with Crippen molar-refractivity contribution in [2.24, 2.45) is 0 Å². The Morgan fingerprint density at radius 1 is 1.23 bits per heavy atom. The molecule has 1 rings (SSSR count). The molecule has 2 nitrogen and oxygen atoms in total. The summed E-state index contributed by atoms with van der Waals surface area (Å²) >= 11 is 0.608. The van der Waals surface area contributed by atoms with Gasteiger partial charge in [-0.2, -0.15) is 0 Å². The molecule has 0 saturated carbocycles. The van der Waals surface area contributed by atoms with E-state index >= 15 is 0 Å². The molecule has 0 saturated heterocycles. The molecule has 0 radical (unpaired) electrons. The second-order valence-corrected chi connectivity index (χ2v) is 3.04. The number of hydrogen-bond donors (Lipinski definition) is 0. The fourth-order valence-electron chi connectivity index (χ4n) is 0.529. The van der Waals surface area contributed by atoms with Crippen molar-refractivity contribution in [3.8, 4) is 0 Å². The topological polar surface area (TPSA) is 25.8 Å². The van der Waals surface area contributed by atoms with Gasteiger partial charge in [0.15, 0.2) is 5.16 Å². The van der Waals surface area contributed by atoms with Crippen LogP contribution in [0.5, 0.6) is 0 Å². The van der Waals surface area contributed by atoms with E-state index in [2.05, 4.69) is 9.97 Å². The predicted octanol–water partition coefficient (Wildman–Crippen LogP) is -1.04. The Kier molecular flexibility index (Phi) is 6.87. The van der Waals surface area contributed by atoms with Crippen LogP contribution >= 0.6 is 11.8 Å². The fraction of sp³-hybridized carbons (Fsp3) is 0.200. The molecule has 0 aliphatic rings. The van der Waals surface area contributed by atoms with Crippen molar-refractivity contribution >= 4 is 18.7 Å². The predicted molar refractivity (Wildman–Crippen MR) is 41.8 cm³/mol. The zero-order valence-electron chi connectivity index (χ0n) is 6.95. The van der Waals surface area contributed by atoms with E-state index in [4.69, 9.17) is 0 Å². The van der Waals surface area contributed by atoms with Crippen molar-refractivity contribution in [1.82, 2.24) is 9.97 Å². The van der Waals surface area contributed by atoms with Crippen LogP contribution in [0, 0.1) is 0 Å². The molecule has 1 aromatic heterocycles. The maximum atomic E-state index is 11.7. The quantitative estimate of drug-likeness (QED) is 0.378. The molecule has 1 aromatic rings. The molecule has 0 amide bonds. The van der Waals surface area contributed by atoms with Crippen LogP contribution < -0.4 is 51.4 Å². The van der Waals surface area contributed by atoms with Gasteiger partial charge in [0.25, 0.3) is 0 Å². The monoisotopic (exact) mass is 232 g/mol. The van der Waals surface area contributed by atoms with Crippen molar-refractivity contribution in [2.45, 2.75) is 5.16 Å². The molecule has 66 valence electrons. The van der Waals surface area contributed by atoms with Crippen LogP contribution in [0.4, 0.5) is 12.9 Å². The molecule has 0 aliphatic heterocycles. The smallest absolute Gasteiger partial charge is 0.448 e. The third kappa shape index (κ3) is 6.92. The molecule has 1 heterocycles. The van der Waals surface area contributed by atoms with Crippen molar-refractivity contribution in [3.63, 3.8) is 0 Å². The molecule has 13 heavy (non-hydrogen) atoms. The van der Waals surface area contributed by atoms with Gasteiger partial charge >= 0.3 is 58.4 Å². The number of thioether (sulfide) groups is 1. The summed E-state index contributed by atoms with van der Waals surface area (Å²) < 4.78 is 35.2. The first-order chi connectivity index (χ1) is 5.58. The van der Waals surface area contributed by atoms with E-state index in [0.29, 0.717) is 11.8 Å². The van der Waals surface area contributed by atoms with E-state index in [0.717, 1.165) is 0 Å². The average Bonchev–Trinajstić information content (AvgIpc) is 2.02. The van der Waals surface area contributed by atoms with Crippen LogP contribution in [-0.2, 0) is 0 Å². The van der Waals surface area contributed by atoms with Crippen LogP contribution in [0.15, 0.2) is 23.6 Å². The normalized spacial score (nSPS) is 10.7. The van der Waals surface area contributed by atoms with Crippen LogP contribution in [-0.4, -0.2) is 22.6 Å². The van der Waals surface area contributed by atoms with Gasteiger partial charge < -0.3 is 12.9 Å². The standard InChI is InChI=1S/C5H5BF3N2S.K/c7-6(8,9)4-12-5-10-2-1-3-11-5;/h1-3H,4H2;/q-1;+1. The third-order valence-corrected chi connectivity index (χ3v) is 1.96. The fourth-order valence-corrected chi connectivity index (χ4v) is 1.14. The van der Waals surface area contributed by atoms with Gasteiger partial charge in [0.1, 0.15) is 0 Å². The van der Waals surface area contributed by atoms with Gasteiger partial charge in [0.05, 0.1) is 0 Å². The van der Waals surface area contributed by atoms with E-state index in [9.17, 15) is 12.9 Å². The average molecular weight is 232 g/mol. The van der Waals surface area contributed by atoms with Crippen molar-refractivity contribution in [3.05, 3.63) is 18.5 Å². The Morgan fingerprint density at radius 2 is 1.77 bits per heavy atom. The van der Waals surface area contributed by atoms with Crippen molar-refractivity contribution in [1.29, 1.82) is 0 Å². The van der Waals surface area contributed by atoms with Crippen LogP contribution in [0.1, 0.15) is 0 Å². The van der Waals surface area contributed by atoms with Gasteiger partial charge in [0, 0.05) is 12.4 Å². The molecule has 0 fully saturated rings. The second-order valence-electron chi connectivity index (χ2n) is 2.05. The Balaban J connectivity index is 0.00000144. The first kappa shape index (κ1) is 13.9. The Labute approximate surface area is 121 Å². The van der Waals surface area contributed by atoms with Gasteiger partial charge in [-0.1, -0.05) is 0 Å². The summed E-state index contributed by atoms with van der Waals surface area (Å²) in [4.78, 5) is 7.29. The molecule has 0 bridgehead atoms. The second kappa shape index (κ2) is 6.41. The zero-order valence-corrected chi connectivity index (χ0v) is 10.9. The summed E-state index contributed by atoms with van der Waals surface area (Å²) in [6.07, 6.45) is 2.83. The molecular weight excluding hydrogens is 227 g/mol. The number of rotatable bonds is 3. The first-order valence-corrected chi connectivity index (χ1v) is 4.17. The van der Waals surface area contributed by atoms with Crippen LogP contribution in [0.2, 0.25) is 0 Å². The molecule has 0 aliphatic carbocycles. The third-order valence-electron chi connectivity index (χ3n) is 0.943. The minimum absolute atomic E-state index is 0. The SMILES string of the molecule is F[B-](F)(F)CSc1ncccn1.[K+]. The summed E-state index contributed by atoms with van der Waals surface area (Å²) in [5.74, 6) is 0. The van der Waals surface area contributed by atoms with Gasteiger partial charge in [-0.3, -0.25) is 0 Å². The Hall–Kier alpha value is 0.921. The summed E-state index contributed by atoms with van der Waals surface area (Å²) in [7, 11) is 0. The summed E-state index contributed by atoms with van der Waals surface area (Å²) in [5, 5.41) is 0.164. The van der Waals surface area contributed by atoms with E-state index in [1.54, 1.807) is 6.07 Å². The molecule has 8 heteroatoms. The van der Waals surface area contributed by atoms with Gasteiger partial charge in [0.2, 0.25) is 0 Å². The van der Waals surface area contributed by atoms with Crippen LogP contribution in [0.3, 0.4) is 0 Å². The molecule has 0 unspecified atom stereocenters. The molecule has 0 aromatic carbocycles. The van der Waals surface area contributed by atoms with Gasteiger partial charge in [-0.05, 0) is 11.7 Å². The van der Waals surface area contributed by atoms with E-state index in [1.807, 2.05) is 0 Å².